The van der Waals surface area contributed by atoms with Crippen LogP contribution in [0.5, 0.6) is 11.5 Å². The lowest BCUT2D eigenvalue weighted by atomic mass is 10.1. The minimum atomic E-state index is -1.82. The number of hydrogen-bond acceptors (Lipinski definition) is 6. The Morgan fingerprint density at radius 2 is 1.58 bits per heavy atom. The van der Waals surface area contributed by atoms with Gasteiger partial charge in [-0.2, -0.15) is 0 Å². The number of carboxylic acids is 2. The predicted octanol–water partition coefficient (Wildman–Crippen LogP) is 4.58. The van der Waals surface area contributed by atoms with Gasteiger partial charge in [0, 0.05) is 23.8 Å². The van der Waals surface area contributed by atoms with Gasteiger partial charge in [0.25, 0.3) is 5.91 Å². The number of hydrogen-bond donors (Lipinski definition) is 4. The maximum absolute atomic E-state index is 12.5. The first-order chi connectivity index (χ1) is 17.2. The van der Waals surface area contributed by atoms with Crippen LogP contribution in [0.1, 0.15) is 15.9 Å². The van der Waals surface area contributed by atoms with Crippen molar-refractivity contribution in [1.82, 2.24) is 5.32 Å². The Balaban J connectivity index is 0.000000678. The zero-order valence-corrected chi connectivity index (χ0v) is 20.7. The molecule has 0 aliphatic heterocycles. The van der Waals surface area contributed by atoms with Gasteiger partial charge in [-0.15, -0.1) is 0 Å². The molecule has 11 heteroatoms. The summed E-state index contributed by atoms with van der Waals surface area (Å²) in [5.74, 6) is -2.51. The second kappa shape index (κ2) is 14.6. The fourth-order valence-corrected chi connectivity index (χ4v) is 3.33. The summed E-state index contributed by atoms with van der Waals surface area (Å²) in [6, 6.07) is 19.9. The van der Waals surface area contributed by atoms with Crippen molar-refractivity contribution in [3.05, 3.63) is 87.9 Å². The molecule has 0 unspecified atom stereocenters. The van der Waals surface area contributed by atoms with Crippen molar-refractivity contribution in [3.63, 3.8) is 0 Å². The summed E-state index contributed by atoms with van der Waals surface area (Å²) in [6.07, 6.45) is 0. The fourth-order valence-electron chi connectivity index (χ4n) is 2.84. The lowest BCUT2D eigenvalue weighted by Gasteiger charge is -2.11. The van der Waals surface area contributed by atoms with Crippen molar-refractivity contribution in [2.75, 3.05) is 25.6 Å². The van der Waals surface area contributed by atoms with E-state index in [4.69, 9.17) is 52.5 Å². The Labute approximate surface area is 217 Å². The third-order valence-corrected chi connectivity index (χ3v) is 5.03. The third-order valence-electron chi connectivity index (χ3n) is 4.48. The highest BCUT2D eigenvalue weighted by molar-refractivity contribution is 6.37. The number of carbonyl (C=O) groups excluding carboxylic acids is 1. The van der Waals surface area contributed by atoms with Crippen molar-refractivity contribution in [1.29, 1.82) is 0 Å². The third kappa shape index (κ3) is 9.46. The van der Waals surface area contributed by atoms with Crippen LogP contribution in [0.3, 0.4) is 0 Å². The molecule has 3 aromatic rings. The van der Waals surface area contributed by atoms with Gasteiger partial charge in [0.15, 0.2) is 11.5 Å². The van der Waals surface area contributed by atoms with Gasteiger partial charge < -0.3 is 30.3 Å². The molecule has 1 amide bonds. The number of carboxylic acid groups (broad SMARTS) is 2. The Hall–Kier alpha value is -3.79. The van der Waals surface area contributed by atoms with Crippen molar-refractivity contribution >= 4 is 46.7 Å². The number of methoxy groups -OCH3 is 1. The lowest BCUT2D eigenvalue weighted by Crippen LogP contribution is -2.21. The van der Waals surface area contributed by atoms with Crippen LogP contribution in [0.2, 0.25) is 10.0 Å². The number of halogens is 2. The van der Waals surface area contributed by atoms with E-state index in [1.165, 1.54) is 0 Å². The van der Waals surface area contributed by atoms with Crippen LogP contribution in [0.4, 0.5) is 5.69 Å². The molecule has 0 aliphatic rings. The first-order valence-electron chi connectivity index (χ1n) is 10.5. The topological polar surface area (TPSA) is 134 Å². The highest BCUT2D eigenvalue weighted by atomic mass is 35.5. The lowest BCUT2D eigenvalue weighted by molar-refractivity contribution is -0.159. The number of rotatable bonds is 9. The fraction of sp³-hybridized carbons (Fsp3) is 0.160. The maximum atomic E-state index is 12.5. The number of ether oxygens (including phenoxy) is 2. The molecule has 4 N–H and O–H groups in total. The Kier molecular flexibility index (Phi) is 11.5. The first-order valence-corrected chi connectivity index (χ1v) is 11.2. The molecule has 3 aromatic carbocycles. The minimum Gasteiger partial charge on any atom is -0.493 e. The van der Waals surface area contributed by atoms with E-state index in [1.807, 2.05) is 48.5 Å². The molecule has 190 valence electrons. The van der Waals surface area contributed by atoms with Gasteiger partial charge in [0.1, 0.15) is 6.61 Å². The molecule has 0 saturated carbocycles. The number of para-hydroxylation sites is 2. The highest BCUT2D eigenvalue weighted by Gasteiger charge is 2.11. The van der Waals surface area contributed by atoms with E-state index in [2.05, 4.69) is 10.6 Å². The van der Waals surface area contributed by atoms with Gasteiger partial charge in [-0.05, 0) is 48.0 Å². The van der Waals surface area contributed by atoms with Crippen molar-refractivity contribution < 1.29 is 34.1 Å². The second-order valence-corrected chi connectivity index (χ2v) is 7.91. The normalized spacial score (nSPS) is 9.97. The molecule has 0 heterocycles. The van der Waals surface area contributed by atoms with Gasteiger partial charge in [-0.3, -0.25) is 4.79 Å². The van der Waals surface area contributed by atoms with Gasteiger partial charge in [0.05, 0.1) is 17.7 Å². The van der Waals surface area contributed by atoms with Crippen LogP contribution >= 0.6 is 23.2 Å². The number of amides is 1. The predicted molar refractivity (Wildman–Crippen MR) is 136 cm³/mol. The van der Waals surface area contributed by atoms with Crippen molar-refractivity contribution in [2.24, 2.45) is 0 Å². The molecule has 0 spiro atoms. The van der Waals surface area contributed by atoms with E-state index < -0.39 is 11.9 Å². The molecule has 0 radical (unpaired) electrons. The number of aliphatic carboxylic acids is 2. The van der Waals surface area contributed by atoms with E-state index in [0.717, 1.165) is 5.56 Å². The Morgan fingerprint density at radius 3 is 2.22 bits per heavy atom. The molecule has 3 rings (SSSR count). The molecule has 0 bridgehead atoms. The highest BCUT2D eigenvalue weighted by Crippen LogP contribution is 2.25. The number of carbonyl (C=O) groups is 3. The van der Waals surface area contributed by atoms with Crippen molar-refractivity contribution in [2.45, 2.75) is 6.54 Å². The smallest absolute Gasteiger partial charge is 0.414 e. The molecule has 36 heavy (non-hydrogen) atoms. The second-order valence-electron chi connectivity index (χ2n) is 7.07. The van der Waals surface area contributed by atoms with Crippen molar-refractivity contribution in [3.8, 4) is 11.5 Å². The van der Waals surface area contributed by atoms with E-state index in [-0.39, 0.29) is 5.91 Å². The molecule has 0 saturated heterocycles. The summed E-state index contributed by atoms with van der Waals surface area (Å²) >= 11 is 12.0. The average molecular weight is 535 g/mol. The number of anilines is 1. The van der Waals surface area contributed by atoms with Crippen LogP contribution in [0.15, 0.2) is 66.7 Å². The molecule has 0 fully saturated rings. The average Bonchev–Trinajstić information content (AvgIpc) is 2.84. The number of nitrogens with one attached hydrogen (secondary N) is 2. The van der Waals surface area contributed by atoms with E-state index in [1.54, 1.807) is 25.3 Å². The van der Waals surface area contributed by atoms with Gasteiger partial charge in [-0.25, -0.2) is 9.59 Å². The first kappa shape index (κ1) is 28.4. The number of benzene rings is 3. The largest absolute Gasteiger partial charge is 0.493 e. The van der Waals surface area contributed by atoms with Crippen LogP contribution in [-0.4, -0.2) is 48.3 Å². The molecular formula is C25H24Cl2N2O7. The van der Waals surface area contributed by atoms with E-state index in [9.17, 15) is 4.79 Å². The Bertz CT molecular complexity index is 1190. The summed E-state index contributed by atoms with van der Waals surface area (Å²) in [7, 11) is 1.62. The summed E-state index contributed by atoms with van der Waals surface area (Å²) in [5, 5.41) is 21.8. The Morgan fingerprint density at radius 1 is 0.889 bits per heavy atom. The SMILES string of the molecule is COc1ccccc1OCCNCc1cccc(NC(=O)c2ccc(Cl)cc2Cl)c1.O=C(O)C(=O)O. The summed E-state index contributed by atoms with van der Waals surface area (Å²) in [5.41, 5.74) is 2.10. The van der Waals surface area contributed by atoms with Gasteiger partial charge >= 0.3 is 11.9 Å². The van der Waals surface area contributed by atoms with Crippen LogP contribution < -0.4 is 20.1 Å². The summed E-state index contributed by atoms with van der Waals surface area (Å²) < 4.78 is 11.0. The van der Waals surface area contributed by atoms with Gasteiger partial charge in [-0.1, -0.05) is 47.5 Å². The zero-order chi connectivity index (χ0) is 26.5. The molecular weight excluding hydrogens is 511 g/mol. The van der Waals surface area contributed by atoms with E-state index >= 15 is 0 Å². The van der Waals surface area contributed by atoms with Crippen LogP contribution in [0.25, 0.3) is 0 Å². The quantitative estimate of drug-likeness (QED) is 0.231. The maximum Gasteiger partial charge on any atom is 0.414 e. The minimum absolute atomic E-state index is 0.285. The standard InChI is InChI=1S/C23H22Cl2N2O3.C2H2O4/c1-29-21-7-2-3-8-22(21)30-12-11-26-15-16-5-4-6-18(13-16)27-23(28)19-10-9-17(24)14-20(19)25;3-1(4)2(5)6/h2-10,13-14,26H,11-12,15H2,1H3,(H,27,28);(H,3,4)(H,5,6). The van der Waals surface area contributed by atoms with Crippen LogP contribution in [0, 0.1) is 0 Å². The van der Waals surface area contributed by atoms with Crippen LogP contribution in [-0.2, 0) is 16.1 Å². The monoisotopic (exact) mass is 534 g/mol. The van der Waals surface area contributed by atoms with E-state index in [0.29, 0.717) is 52.5 Å². The molecule has 0 atom stereocenters. The van der Waals surface area contributed by atoms with Gasteiger partial charge in [0.2, 0.25) is 0 Å². The molecule has 0 aliphatic carbocycles. The summed E-state index contributed by atoms with van der Waals surface area (Å²) in [6.45, 7) is 1.81. The summed E-state index contributed by atoms with van der Waals surface area (Å²) in [4.78, 5) is 30.7. The molecule has 9 nitrogen and oxygen atoms in total. The molecule has 0 aromatic heterocycles. The zero-order valence-electron chi connectivity index (χ0n) is 19.2.